The topological polar surface area (TPSA) is 48.7 Å². The summed E-state index contributed by atoms with van der Waals surface area (Å²) >= 11 is 3.53. The molecular weight excluding hydrogens is 278 g/mol. The van der Waals surface area contributed by atoms with Crippen molar-refractivity contribution in [3.8, 4) is 6.07 Å². The molecule has 1 N–H and O–H groups in total. The molecule has 1 aromatic carbocycles. The highest BCUT2D eigenvalue weighted by Crippen LogP contribution is 2.33. The molecule has 0 saturated heterocycles. The Labute approximate surface area is 109 Å². The fraction of sp³-hybridized carbons (Fsp3) is 0.231. The highest BCUT2D eigenvalue weighted by atomic mass is 79.9. The molecule has 0 aliphatic rings. The second-order valence-electron chi connectivity index (χ2n) is 3.78. The zero-order chi connectivity index (χ0) is 12.4. The van der Waals surface area contributed by atoms with E-state index in [0.717, 1.165) is 33.2 Å². The fourth-order valence-electron chi connectivity index (χ4n) is 1.85. The molecule has 0 atom stereocenters. The normalized spacial score (nSPS) is 10.2. The third kappa shape index (κ3) is 1.98. The third-order valence-corrected chi connectivity index (χ3v) is 3.31. The summed E-state index contributed by atoms with van der Waals surface area (Å²) in [5.74, 6) is 0. The van der Waals surface area contributed by atoms with Gasteiger partial charge in [0.1, 0.15) is 6.07 Å². The summed E-state index contributed by atoms with van der Waals surface area (Å²) in [6.45, 7) is 4.80. The van der Waals surface area contributed by atoms with Gasteiger partial charge in [-0.05, 0) is 25.5 Å². The van der Waals surface area contributed by atoms with Crippen molar-refractivity contribution < 1.29 is 0 Å². The SMILES string of the molecule is CCNc1c(C#N)cnc2c(C)ccc(Br)c12. The quantitative estimate of drug-likeness (QED) is 0.919. The minimum Gasteiger partial charge on any atom is -0.384 e. The summed E-state index contributed by atoms with van der Waals surface area (Å²) < 4.78 is 0.957. The Morgan fingerprint density at radius 3 is 2.88 bits per heavy atom. The van der Waals surface area contributed by atoms with Crippen LogP contribution in [0.4, 0.5) is 5.69 Å². The Hall–Kier alpha value is -1.60. The van der Waals surface area contributed by atoms with Gasteiger partial charge < -0.3 is 5.32 Å². The van der Waals surface area contributed by atoms with Crippen LogP contribution < -0.4 is 5.32 Å². The monoisotopic (exact) mass is 289 g/mol. The van der Waals surface area contributed by atoms with Gasteiger partial charge >= 0.3 is 0 Å². The highest BCUT2D eigenvalue weighted by Gasteiger charge is 2.12. The zero-order valence-electron chi connectivity index (χ0n) is 9.71. The molecule has 0 bridgehead atoms. The lowest BCUT2D eigenvalue weighted by Crippen LogP contribution is -2.02. The number of rotatable bonds is 2. The van der Waals surface area contributed by atoms with Gasteiger partial charge in [-0.15, -0.1) is 0 Å². The number of benzene rings is 1. The number of pyridine rings is 1. The van der Waals surface area contributed by atoms with Crippen LogP contribution in [0.3, 0.4) is 0 Å². The number of nitrogens with one attached hydrogen (secondary N) is 1. The Kier molecular flexibility index (Phi) is 3.30. The van der Waals surface area contributed by atoms with E-state index in [1.807, 2.05) is 26.0 Å². The molecule has 0 spiro atoms. The van der Waals surface area contributed by atoms with E-state index in [0.29, 0.717) is 5.56 Å². The number of hydrogen-bond donors (Lipinski definition) is 1. The second-order valence-corrected chi connectivity index (χ2v) is 4.63. The van der Waals surface area contributed by atoms with E-state index in [1.54, 1.807) is 6.20 Å². The molecule has 86 valence electrons. The largest absolute Gasteiger partial charge is 0.384 e. The summed E-state index contributed by atoms with van der Waals surface area (Å²) in [4.78, 5) is 4.36. The molecule has 0 aliphatic carbocycles. The number of anilines is 1. The van der Waals surface area contributed by atoms with Crippen LogP contribution in [0.15, 0.2) is 22.8 Å². The van der Waals surface area contributed by atoms with Crippen LogP contribution in [-0.4, -0.2) is 11.5 Å². The Balaban J connectivity index is 2.89. The van der Waals surface area contributed by atoms with Crippen LogP contribution in [0.2, 0.25) is 0 Å². The number of halogens is 1. The Bertz CT molecular complexity index is 614. The van der Waals surface area contributed by atoms with Crippen molar-refractivity contribution in [3.05, 3.63) is 33.9 Å². The average Bonchev–Trinajstić information content (AvgIpc) is 2.34. The number of nitrogens with zero attached hydrogens (tertiary/aromatic N) is 2. The molecule has 3 nitrogen and oxygen atoms in total. The first-order chi connectivity index (χ1) is 8.19. The first-order valence-corrected chi connectivity index (χ1v) is 6.20. The van der Waals surface area contributed by atoms with Gasteiger partial charge in [0.15, 0.2) is 0 Å². The zero-order valence-corrected chi connectivity index (χ0v) is 11.3. The molecule has 0 saturated carbocycles. The van der Waals surface area contributed by atoms with Crippen LogP contribution in [0.25, 0.3) is 10.9 Å². The fourth-order valence-corrected chi connectivity index (χ4v) is 2.37. The molecule has 0 amide bonds. The molecule has 0 aliphatic heterocycles. The standard InChI is InChI=1S/C13H12BrN3/c1-3-16-13-9(6-15)7-17-12-8(2)4-5-10(14)11(12)13/h4-5,7H,3H2,1-2H3,(H,16,17). The van der Waals surface area contributed by atoms with Crippen molar-refractivity contribution in [2.45, 2.75) is 13.8 Å². The maximum atomic E-state index is 9.12. The van der Waals surface area contributed by atoms with E-state index < -0.39 is 0 Å². The molecular formula is C13H12BrN3. The van der Waals surface area contributed by atoms with Crippen LogP contribution in [0.5, 0.6) is 0 Å². The van der Waals surface area contributed by atoms with Crippen LogP contribution >= 0.6 is 15.9 Å². The van der Waals surface area contributed by atoms with E-state index in [-0.39, 0.29) is 0 Å². The third-order valence-electron chi connectivity index (χ3n) is 2.64. The van der Waals surface area contributed by atoms with E-state index in [2.05, 4.69) is 32.3 Å². The second kappa shape index (κ2) is 4.72. The van der Waals surface area contributed by atoms with Gasteiger partial charge in [-0.25, -0.2) is 0 Å². The maximum Gasteiger partial charge on any atom is 0.103 e. The number of fused-ring (bicyclic) bond motifs is 1. The van der Waals surface area contributed by atoms with Crippen molar-refractivity contribution in [2.24, 2.45) is 0 Å². The predicted octanol–water partition coefficient (Wildman–Crippen LogP) is 3.61. The highest BCUT2D eigenvalue weighted by molar-refractivity contribution is 9.10. The summed E-state index contributed by atoms with van der Waals surface area (Å²) in [7, 11) is 0. The van der Waals surface area contributed by atoms with Crippen molar-refractivity contribution in [1.29, 1.82) is 5.26 Å². The molecule has 1 aromatic heterocycles. The smallest absolute Gasteiger partial charge is 0.103 e. The van der Waals surface area contributed by atoms with Crippen molar-refractivity contribution in [3.63, 3.8) is 0 Å². The van der Waals surface area contributed by atoms with Gasteiger partial charge in [0.25, 0.3) is 0 Å². The molecule has 4 heteroatoms. The average molecular weight is 290 g/mol. The van der Waals surface area contributed by atoms with E-state index in [1.165, 1.54) is 0 Å². The lowest BCUT2D eigenvalue weighted by molar-refractivity contribution is 1.20. The van der Waals surface area contributed by atoms with E-state index >= 15 is 0 Å². The first-order valence-electron chi connectivity index (χ1n) is 5.40. The van der Waals surface area contributed by atoms with Crippen LogP contribution in [0.1, 0.15) is 18.1 Å². The Morgan fingerprint density at radius 2 is 2.24 bits per heavy atom. The number of aryl methyl sites for hydroxylation is 1. The van der Waals surface area contributed by atoms with Gasteiger partial charge in [-0.2, -0.15) is 5.26 Å². The summed E-state index contributed by atoms with van der Waals surface area (Å²) in [5.41, 5.74) is 3.46. The lowest BCUT2D eigenvalue weighted by Gasteiger charge is -2.12. The molecule has 0 radical (unpaired) electrons. The summed E-state index contributed by atoms with van der Waals surface area (Å²) in [5, 5.41) is 13.3. The van der Waals surface area contributed by atoms with Gasteiger partial charge in [0.2, 0.25) is 0 Å². The molecule has 0 fully saturated rings. The molecule has 2 rings (SSSR count). The number of nitriles is 1. The minimum absolute atomic E-state index is 0.575. The van der Waals surface area contributed by atoms with Gasteiger partial charge in [0, 0.05) is 22.6 Å². The number of hydrogen-bond acceptors (Lipinski definition) is 3. The Morgan fingerprint density at radius 1 is 1.47 bits per heavy atom. The molecule has 1 heterocycles. The van der Waals surface area contributed by atoms with E-state index in [4.69, 9.17) is 5.26 Å². The molecule has 0 unspecified atom stereocenters. The summed E-state index contributed by atoms with van der Waals surface area (Å²) in [6.07, 6.45) is 1.62. The number of aromatic nitrogens is 1. The minimum atomic E-state index is 0.575. The van der Waals surface area contributed by atoms with Crippen LogP contribution in [-0.2, 0) is 0 Å². The predicted molar refractivity (Wildman–Crippen MR) is 73.1 cm³/mol. The van der Waals surface area contributed by atoms with Crippen molar-refractivity contribution >= 4 is 32.5 Å². The van der Waals surface area contributed by atoms with Gasteiger partial charge in [0.05, 0.1) is 16.8 Å². The van der Waals surface area contributed by atoms with Crippen LogP contribution in [0, 0.1) is 18.3 Å². The summed E-state index contributed by atoms with van der Waals surface area (Å²) in [6, 6.07) is 6.18. The van der Waals surface area contributed by atoms with Gasteiger partial charge in [-0.3, -0.25) is 4.98 Å². The molecule has 2 aromatic rings. The van der Waals surface area contributed by atoms with Crippen molar-refractivity contribution in [1.82, 2.24) is 4.98 Å². The van der Waals surface area contributed by atoms with Gasteiger partial charge in [-0.1, -0.05) is 22.0 Å². The van der Waals surface area contributed by atoms with Crippen molar-refractivity contribution in [2.75, 3.05) is 11.9 Å². The maximum absolute atomic E-state index is 9.12. The van der Waals surface area contributed by atoms with E-state index in [9.17, 15) is 0 Å². The molecule has 17 heavy (non-hydrogen) atoms. The first kappa shape index (κ1) is 11.9. The lowest BCUT2D eigenvalue weighted by atomic mass is 10.1.